The van der Waals surface area contributed by atoms with E-state index < -0.39 is 41.0 Å². The smallest absolute Gasteiger partial charge is 0.338 e. The molecule has 0 aliphatic carbocycles. The fraction of sp³-hybridized carbons (Fsp3) is 0.360. The number of likely N-dealkylation sites (N-methyl/N-ethyl adjacent to an activating group) is 1. The van der Waals surface area contributed by atoms with Crippen LogP contribution >= 0.6 is 11.6 Å². The molecule has 12 heteroatoms. The first-order valence-corrected chi connectivity index (χ1v) is 11.5. The molecular formula is C25H26ClF3N4O4. The zero-order valence-electron chi connectivity index (χ0n) is 20.9. The van der Waals surface area contributed by atoms with E-state index in [1.807, 2.05) is 0 Å². The van der Waals surface area contributed by atoms with Crippen molar-refractivity contribution in [2.75, 3.05) is 27.2 Å². The van der Waals surface area contributed by atoms with Crippen LogP contribution in [0.5, 0.6) is 0 Å². The number of carbonyl (C=O) groups excluding carboxylic acids is 2. The Morgan fingerprint density at radius 1 is 1.16 bits per heavy atom. The number of ether oxygens (including phenoxy) is 2. The average Bonchev–Trinajstić information content (AvgIpc) is 2.76. The molecule has 1 aliphatic rings. The van der Waals surface area contributed by atoms with Gasteiger partial charge in [0.2, 0.25) is 0 Å². The van der Waals surface area contributed by atoms with E-state index in [-0.39, 0.29) is 46.5 Å². The standard InChI is InChI=1S/C25H26ClF3N4O4/c1-25(2,3)37-19(34)12-33(4)11-18-20(24(35)36-5)21(15-7-6-13(27)8-16(15)26)32-23(31-18)22-17(29)9-14(28)10-30-22/h6-10,21H,11-12H2,1-5H3,(H,31,32)/t21-/m0/s1. The molecule has 0 unspecified atom stereocenters. The second-order valence-corrected chi connectivity index (χ2v) is 9.70. The second kappa shape index (κ2) is 11.3. The zero-order chi connectivity index (χ0) is 27.5. The van der Waals surface area contributed by atoms with E-state index in [1.165, 1.54) is 13.2 Å². The summed E-state index contributed by atoms with van der Waals surface area (Å²) < 4.78 is 52.3. The van der Waals surface area contributed by atoms with Gasteiger partial charge in [0.05, 0.1) is 25.4 Å². The zero-order valence-corrected chi connectivity index (χ0v) is 21.6. The third kappa shape index (κ3) is 7.07. The van der Waals surface area contributed by atoms with Gasteiger partial charge in [-0.15, -0.1) is 0 Å². The predicted molar refractivity (Wildman–Crippen MR) is 130 cm³/mol. The fourth-order valence-corrected chi connectivity index (χ4v) is 3.92. The van der Waals surface area contributed by atoms with Crippen molar-refractivity contribution in [3.05, 3.63) is 75.5 Å². The Balaban J connectivity index is 2.10. The van der Waals surface area contributed by atoms with Crippen LogP contribution in [0.2, 0.25) is 5.02 Å². The number of amidine groups is 1. The molecule has 0 saturated heterocycles. The summed E-state index contributed by atoms with van der Waals surface area (Å²) >= 11 is 6.29. The predicted octanol–water partition coefficient (Wildman–Crippen LogP) is 3.94. The Kier molecular flexibility index (Phi) is 8.60. The minimum atomic E-state index is -1.16. The molecule has 0 fully saturated rings. The number of aliphatic imine (C=N–C) groups is 1. The number of methoxy groups -OCH3 is 1. The van der Waals surface area contributed by atoms with Gasteiger partial charge in [-0.2, -0.15) is 0 Å². The van der Waals surface area contributed by atoms with E-state index >= 15 is 0 Å². The summed E-state index contributed by atoms with van der Waals surface area (Å²) in [5.74, 6) is -3.93. The molecule has 1 aliphatic heterocycles. The molecule has 0 bridgehead atoms. The molecule has 0 spiro atoms. The number of halogens is 4. The maximum atomic E-state index is 14.7. The maximum Gasteiger partial charge on any atom is 0.338 e. The van der Waals surface area contributed by atoms with E-state index in [0.717, 1.165) is 18.3 Å². The number of hydrogen-bond donors (Lipinski definition) is 1. The third-order valence-electron chi connectivity index (χ3n) is 5.07. The second-order valence-electron chi connectivity index (χ2n) is 9.30. The van der Waals surface area contributed by atoms with Crippen LogP contribution in [0.3, 0.4) is 0 Å². The molecule has 0 saturated carbocycles. The lowest BCUT2D eigenvalue weighted by Crippen LogP contribution is -2.41. The number of hydrogen-bond acceptors (Lipinski definition) is 8. The largest absolute Gasteiger partial charge is 0.466 e. The highest BCUT2D eigenvalue weighted by atomic mass is 35.5. The maximum absolute atomic E-state index is 14.7. The van der Waals surface area contributed by atoms with Gasteiger partial charge in [0.15, 0.2) is 11.7 Å². The van der Waals surface area contributed by atoms with Gasteiger partial charge >= 0.3 is 11.9 Å². The van der Waals surface area contributed by atoms with Crippen LogP contribution in [-0.2, 0) is 19.1 Å². The van der Waals surface area contributed by atoms with Crippen molar-refractivity contribution in [2.45, 2.75) is 32.4 Å². The first kappa shape index (κ1) is 28.1. The topological polar surface area (TPSA) is 93.1 Å². The molecule has 2 heterocycles. The summed E-state index contributed by atoms with van der Waals surface area (Å²) in [6.45, 7) is 5.01. The lowest BCUT2D eigenvalue weighted by Gasteiger charge is -2.30. The van der Waals surface area contributed by atoms with Crippen molar-refractivity contribution in [3.63, 3.8) is 0 Å². The first-order valence-electron chi connectivity index (χ1n) is 11.1. The molecule has 1 aromatic heterocycles. The van der Waals surface area contributed by atoms with Crippen molar-refractivity contribution in [3.8, 4) is 0 Å². The lowest BCUT2D eigenvalue weighted by atomic mass is 9.95. The molecule has 0 radical (unpaired) electrons. The van der Waals surface area contributed by atoms with Gasteiger partial charge in [0.1, 0.15) is 29.0 Å². The highest BCUT2D eigenvalue weighted by Gasteiger charge is 2.35. The van der Waals surface area contributed by atoms with Gasteiger partial charge in [-0.05, 0) is 40.0 Å². The molecule has 2 aromatic rings. The van der Waals surface area contributed by atoms with E-state index in [4.69, 9.17) is 21.1 Å². The summed E-state index contributed by atoms with van der Waals surface area (Å²) in [5, 5.41) is 2.83. The van der Waals surface area contributed by atoms with Gasteiger partial charge in [-0.3, -0.25) is 14.7 Å². The normalized spacial score (nSPS) is 15.8. The molecule has 8 nitrogen and oxygen atoms in total. The van der Waals surface area contributed by atoms with Crippen LogP contribution in [0.4, 0.5) is 13.2 Å². The van der Waals surface area contributed by atoms with Crippen molar-refractivity contribution in [1.82, 2.24) is 15.2 Å². The summed E-state index contributed by atoms with van der Waals surface area (Å²) in [6.07, 6.45) is 0.816. The number of carbonyl (C=O) groups is 2. The summed E-state index contributed by atoms with van der Waals surface area (Å²) in [4.78, 5) is 35.0. The molecule has 1 N–H and O–H groups in total. The molecule has 198 valence electrons. The van der Waals surface area contributed by atoms with Crippen LogP contribution in [0.25, 0.3) is 0 Å². The van der Waals surface area contributed by atoms with Crippen molar-refractivity contribution >= 4 is 29.4 Å². The minimum absolute atomic E-state index is 0.00156. The van der Waals surface area contributed by atoms with Crippen molar-refractivity contribution < 1.29 is 32.2 Å². The molecule has 1 aromatic carbocycles. The Morgan fingerprint density at radius 2 is 1.86 bits per heavy atom. The van der Waals surface area contributed by atoms with Crippen molar-refractivity contribution in [2.24, 2.45) is 4.99 Å². The van der Waals surface area contributed by atoms with Crippen LogP contribution in [0, 0.1) is 17.5 Å². The minimum Gasteiger partial charge on any atom is -0.466 e. The van der Waals surface area contributed by atoms with Crippen LogP contribution in [0.15, 0.2) is 46.7 Å². The summed E-state index contributed by atoms with van der Waals surface area (Å²) in [5.41, 5.74) is -0.594. The van der Waals surface area contributed by atoms with Gasteiger partial charge < -0.3 is 14.8 Å². The Morgan fingerprint density at radius 3 is 2.46 bits per heavy atom. The molecular weight excluding hydrogens is 513 g/mol. The SMILES string of the molecule is COC(=O)C1=C(CN(C)CC(=O)OC(C)(C)C)NC(c2ncc(F)cc2F)=N[C@H]1c1ccc(F)cc1Cl. The van der Waals surface area contributed by atoms with Gasteiger partial charge in [-0.1, -0.05) is 17.7 Å². The fourth-order valence-electron chi connectivity index (χ4n) is 3.65. The number of nitrogens with zero attached hydrogens (tertiary/aromatic N) is 3. The summed E-state index contributed by atoms with van der Waals surface area (Å²) in [6, 6.07) is 3.01. The average molecular weight is 539 g/mol. The Hall–Kier alpha value is -3.44. The van der Waals surface area contributed by atoms with Gasteiger partial charge in [0.25, 0.3) is 0 Å². The quantitative estimate of drug-likeness (QED) is 0.534. The van der Waals surface area contributed by atoms with Gasteiger partial charge in [0, 0.05) is 28.9 Å². The number of benzene rings is 1. The van der Waals surface area contributed by atoms with E-state index in [9.17, 15) is 22.8 Å². The van der Waals surface area contributed by atoms with Crippen molar-refractivity contribution in [1.29, 1.82) is 0 Å². The monoisotopic (exact) mass is 538 g/mol. The Labute approximate surface area is 217 Å². The number of aromatic nitrogens is 1. The van der Waals surface area contributed by atoms with Crippen LogP contribution in [-0.4, -0.2) is 60.5 Å². The highest BCUT2D eigenvalue weighted by molar-refractivity contribution is 6.31. The number of esters is 2. The van der Waals surface area contributed by atoms with E-state index in [1.54, 1.807) is 32.7 Å². The van der Waals surface area contributed by atoms with E-state index in [2.05, 4.69) is 15.3 Å². The number of pyridine rings is 1. The molecule has 3 rings (SSSR count). The summed E-state index contributed by atoms with van der Waals surface area (Å²) in [7, 11) is 2.77. The third-order valence-corrected chi connectivity index (χ3v) is 5.39. The highest BCUT2D eigenvalue weighted by Crippen LogP contribution is 2.36. The Bertz CT molecular complexity index is 1280. The van der Waals surface area contributed by atoms with Crippen LogP contribution < -0.4 is 5.32 Å². The lowest BCUT2D eigenvalue weighted by molar-refractivity contribution is -0.155. The molecule has 1 atom stereocenters. The number of rotatable bonds is 7. The van der Waals surface area contributed by atoms with Gasteiger partial charge in [-0.25, -0.2) is 22.9 Å². The number of nitrogens with one attached hydrogen (secondary N) is 1. The first-order chi connectivity index (χ1) is 17.3. The van der Waals surface area contributed by atoms with Crippen LogP contribution in [0.1, 0.15) is 38.1 Å². The molecule has 0 amide bonds. The van der Waals surface area contributed by atoms with E-state index in [0.29, 0.717) is 6.07 Å². The molecule has 37 heavy (non-hydrogen) atoms.